The summed E-state index contributed by atoms with van der Waals surface area (Å²) in [5.74, 6) is 0. The summed E-state index contributed by atoms with van der Waals surface area (Å²) >= 11 is 6.14. The molecule has 1 atom stereocenters. The van der Waals surface area contributed by atoms with Crippen LogP contribution in [0.2, 0.25) is 5.02 Å². The van der Waals surface area contributed by atoms with E-state index in [-0.39, 0.29) is 6.04 Å². The lowest BCUT2D eigenvalue weighted by Crippen LogP contribution is -2.17. The molecule has 3 heteroatoms. The second-order valence-electron chi connectivity index (χ2n) is 4.52. The lowest BCUT2D eigenvalue weighted by Gasteiger charge is -2.05. The standard InChI is InChI=1S/C13H17ClN2/c1-8(15)6-10-7-16(3)13-9(2)12(14)5-4-11(10)13/h4-5,7-8H,6,15H2,1-3H3. The summed E-state index contributed by atoms with van der Waals surface area (Å²) in [6.07, 6.45) is 3.05. The van der Waals surface area contributed by atoms with E-state index in [1.807, 2.05) is 13.0 Å². The second-order valence-corrected chi connectivity index (χ2v) is 4.92. The number of aromatic nitrogens is 1. The van der Waals surface area contributed by atoms with Crippen LogP contribution >= 0.6 is 11.6 Å². The summed E-state index contributed by atoms with van der Waals surface area (Å²) < 4.78 is 2.13. The van der Waals surface area contributed by atoms with Gasteiger partial charge < -0.3 is 10.3 Å². The van der Waals surface area contributed by atoms with Crippen molar-refractivity contribution in [3.8, 4) is 0 Å². The molecule has 1 aromatic heterocycles. The number of fused-ring (bicyclic) bond motifs is 1. The first-order valence-electron chi connectivity index (χ1n) is 5.49. The largest absolute Gasteiger partial charge is 0.350 e. The lowest BCUT2D eigenvalue weighted by molar-refractivity contribution is 0.738. The van der Waals surface area contributed by atoms with E-state index in [4.69, 9.17) is 17.3 Å². The zero-order valence-corrected chi connectivity index (χ0v) is 10.7. The first-order valence-corrected chi connectivity index (χ1v) is 5.87. The Labute approximate surface area is 101 Å². The molecule has 2 rings (SSSR count). The van der Waals surface area contributed by atoms with Gasteiger partial charge in [0.15, 0.2) is 0 Å². The van der Waals surface area contributed by atoms with Crippen LogP contribution in [0.3, 0.4) is 0 Å². The van der Waals surface area contributed by atoms with Gasteiger partial charge in [0.1, 0.15) is 0 Å². The van der Waals surface area contributed by atoms with Gasteiger partial charge in [-0.2, -0.15) is 0 Å². The van der Waals surface area contributed by atoms with Gasteiger partial charge in [-0.3, -0.25) is 0 Å². The van der Waals surface area contributed by atoms with Crippen LogP contribution < -0.4 is 5.73 Å². The van der Waals surface area contributed by atoms with Crippen LogP contribution in [0.1, 0.15) is 18.1 Å². The third kappa shape index (κ3) is 1.83. The van der Waals surface area contributed by atoms with Gasteiger partial charge in [-0.05, 0) is 37.5 Å². The van der Waals surface area contributed by atoms with Crippen LogP contribution in [0.15, 0.2) is 18.3 Å². The van der Waals surface area contributed by atoms with Crippen LogP contribution in [0.5, 0.6) is 0 Å². The third-order valence-electron chi connectivity index (χ3n) is 2.95. The molecular weight excluding hydrogens is 220 g/mol. The van der Waals surface area contributed by atoms with Crippen molar-refractivity contribution in [2.45, 2.75) is 26.3 Å². The van der Waals surface area contributed by atoms with Crippen molar-refractivity contribution in [2.24, 2.45) is 12.8 Å². The highest BCUT2D eigenvalue weighted by atomic mass is 35.5. The molecule has 1 heterocycles. The first kappa shape index (κ1) is 11.5. The third-order valence-corrected chi connectivity index (χ3v) is 3.36. The molecule has 86 valence electrons. The van der Waals surface area contributed by atoms with E-state index in [1.54, 1.807) is 0 Å². The minimum Gasteiger partial charge on any atom is -0.350 e. The van der Waals surface area contributed by atoms with Gasteiger partial charge in [0.2, 0.25) is 0 Å². The number of rotatable bonds is 2. The van der Waals surface area contributed by atoms with Crippen molar-refractivity contribution in [3.63, 3.8) is 0 Å². The smallest absolute Gasteiger partial charge is 0.0525 e. The summed E-state index contributed by atoms with van der Waals surface area (Å²) in [6.45, 7) is 4.09. The SMILES string of the molecule is Cc1c(Cl)ccc2c(CC(C)N)cn(C)c12. The molecule has 0 aliphatic rings. The molecule has 2 N–H and O–H groups in total. The van der Waals surface area contributed by atoms with Gasteiger partial charge in [0.25, 0.3) is 0 Å². The Bertz CT molecular complexity index is 526. The van der Waals surface area contributed by atoms with E-state index >= 15 is 0 Å². The summed E-state index contributed by atoms with van der Waals surface area (Å²) in [4.78, 5) is 0. The fourth-order valence-corrected chi connectivity index (χ4v) is 2.42. The highest BCUT2D eigenvalue weighted by Gasteiger charge is 2.11. The van der Waals surface area contributed by atoms with E-state index in [0.717, 1.165) is 17.0 Å². The summed E-state index contributed by atoms with van der Waals surface area (Å²) in [7, 11) is 2.05. The molecule has 2 aromatic rings. The van der Waals surface area contributed by atoms with Crippen LogP contribution in [0.25, 0.3) is 10.9 Å². The number of hydrogen-bond acceptors (Lipinski definition) is 1. The first-order chi connectivity index (χ1) is 7.50. The van der Waals surface area contributed by atoms with E-state index in [1.165, 1.54) is 16.5 Å². The number of hydrogen-bond donors (Lipinski definition) is 1. The Hall–Kier alpha value is -0.990. The molecular formula is C13H17ClN2. The molecule has 0 aliphatic carbocycles. The number of benzene rings is 1. The van der Waals surface area contributed by atoms with Gasteiger partial charge in [-0.1, -0.05) is 17.7 Å². The average molecular weight is 237 g/mol. The maximum atomic E-state index is 6.14. The lowest BCUT2D eigenvalue weighted by atomic mass is 10.0. The van der Waals surface area contributed by atoms with Crippen molar-refractivity contribution in [1.29, 1.82) is 0 Å². The normalized spacial score (nSPS) is 13.3. The van der Waals surface area contributed by atoms with Gasteiger partial charge in [0.05, 0.1) is 5.52 Å². The fourth-order valence-electron chi connectivity index (χ4n) is 2.27. The maximum Gasteiger partial charge on any atom is 0.0525 e. The Morgan fingerprint density at radius 1 is 1.44 bits per heavy atom. The van der Waals surface area contributed by atoms with E-state index < -0.39 is 0 Å². The molecule has 1 unspecified atom stereocenters. The Morgan fingerprint density at radius 2 is 2.12 bits per heavy atom. The number of aryl methyl sites for hydroxylation is 2. The molecule has 0 aliphatic heterocycles. The van der Waals surface area contributed by atoms with Crippen LogP contribution in [0.4, 0.5) is 0 Å². The molecule has 0 spiro atoms. The van der Waals surface area contributed by atoms with E-state index in [2.05, 4.69) is 30.8 Å². The van der Waals surface area contributed by atoms with Gasteiger partial charge in [-0.25, -0.2) is 0 Å². The second kappa shape index (κ2) is 4.11. The highest BCUT2D eigenvalue weighted by Crippen LogP contribution is 2.29. The monoisotopic (exact) mass is 236 g/mol. The summed E-state index contributed by atoms with van der Waals surface area (Å²) in [6, 6.07) is 4.23. The Balaban J connectivity index is 2.67. The molecule has 0 amide bonds. The molecule has 16 heavy (non-hydrogen) atoms. The molecule has 0 fully saturated rings. The molecule has 0 saturated carbocycles. The van der Waals surface area contributed by atoms with Crippen LogP contribution in [0, 0.1) is 6.92 Å². The topological polar surface area (TPSA) is 30.9 Å². The van der Waals surface area contributed by atoms with Crippen LogP contribution in [-0.4, -0.2) is 10.6 Å². The van der Waals surface area contributed by atoms with Crippen LogP contribution in [-0.2, 0) is 13.5 Å². The molecule has 1 aromatic carbocycles. The van der Waals surface area contributed by atoms with Crippen molar-refractivity contribution < 1.29 is 0 Å². The number of nitrogens with zero attached hydrogens (tertiary/aromatic N) is 1. The predicted octanol–water partition coefficient (Wildman–Crippen LogP) is 3.03. The molecule has 0 bridgehead atoms. The number of halogens is 1. The van der Waals surface area contributed by atoms with Gasteiger partial charge in [0, 0.05) is 29.7 Å². The highest BCUT2D eigenvalue weighted by molar-refractivity contribution is 6.32. The quantitative estimate of drug-likeness (QED) is 0.854. The Kier molecular flexibility index (Phi) is 2.96. The van der Waals surface area contributed by atoms with Crippen molar-refractivity contribution in [1.82, 2.24) is 4.57 Å². The van der Waals surface area contributed by atoms with Crippen molar-refractivity contribution in [3.05, 3.63) is 34.5 Å². The zero-order valence-electron chi connectivity index (χ0n) is 9.92. The van der Waals surface area contributed by atoms with E-state index in [0.29, 0.717) is 0 Å². The fraction of sp³-hybridized carbons (Fsp3) is 0.385. The summed E-state index contributed by atoms with van der Waals surface area (Å²) in [5, 5.41) is 2.09. The van der Waals surface area contributed by atoms with E-state index in [9.17, 15) is 0 Å². The zero-order chi connectivity index (χ0) is 11.9. The number of nitrogens with two attached hydrogens (primary N) is 1. The minimum atomic E-state index is 0.182. The van der Waals surface area contributed by atoms with Crippen molar-refractivity contribution in [2.75, 3.05) is 0 Å². The average Bonchev–Trinajstić information content (AvgIpc) is 2.49. The maximum absolute atomic E-state index is 6.14. The molecule has 0 radical (unpaired) electrons. The van der Waals surface area contributed by atoms with Gasteiger partial charge >= 0.3 is 0 Å². The molecule has 2 nitrogen and oxygen atoms in total. The minimum absolute atomic E-state index is 0.182. The molecule has 0 saturated heterocycles. The van der Waals surface area contributed by atoms with Gasteiger partial charge in [-0.15, -0.1) is 0 Å². The predicted molar refractivity (Wildman–Crippen MR) is 70.0 cm³/mol. The van der Waals surface area contributed by atoms with Crippen molar-refractivity contribution >= 4 is 22.5 Å². The Morgan fingerprint density at radius 3 is 2.75 bits per heavy atom. The summed E-state index contributed by atoms with van der Waals surface area (Å²) in [5.41, 5.74) is 9.50.